The average Bonchev–Trinajstić information content (AvgIpc) is 3.06. The Kier molecular flexibility index (Phi) is 5.64. The lowest BCUT2D eigenvalue weighted by Gasteiger charge is -2.25. The Morgan fingerprint density at radius 1 is 1.15 bits per heavy atom. The van der Waals surface area contributed by atoms with E-state index < -0.39 is 10.0 Å². The van der Waals surface area contributed by atoms with Gasteiger partial charge in [0, 0.05) is 11.1 Å². The van der Waals surface area contributed by atoms with E-state index in [4.69, 9.17) is 32.5 Å². The minimum absolute atomic E-state index is 0.0630. The Balaban J connectivity index is 2.18. The molecule has 3 rings (SSSR count). The molecule has 0 radical (unpaired) electrons. The quantitative estimate of drug-likeness (QED) is 0.571. The molecule has 2 aromatic carbocycles. The first-order valence-corrected chi connectivity index (χ1v) is 10.1. The summed E-state index contributed by atoms with van der Waals surface area (Å²) >= 11 is 12.2. The molecule has 0 fully saturated rings. The number of ether oxygens (including phenoxy) is 1. The van der Waals surface area contributed by atoms with E-state index in [-0.39, 0.29) is 21.5 Å². The molecule has 0 aliphatic heterocycles. The van der Waals surface area contributed by atoms with Gasteiger partial charge < -0.3 is 9.26 Å². The van der Waals surface area contributed by atoms with E-state index in [1.54, 1.807) is 37.3 Å². The van der Waals surface area contributed by atoms with Gasteiger partial charge in [-0.25, -0.2) is 8.42 Å². The van der Waals surface area contributed by atoms with Crippen molar-refractivity contribution in [1.29, 1.82) is 0 Å². The fourth-order valence-corrected chi connectivity index (χ4v) is 4.74. The molecule has 0 aliphatic rings. The second-order valence-electron chi connectivity index (χ2n) is 5.69. The molecule has 0 atom stereocenters. The van der Waals surface area contributed by atoms with E-state index in [9.17, 15) is 8.42 Å². The molecular weight excluding hydrogens is 411 g/mol. The molecular formula is C18H16Cl2N2O4S. The van der Waals surface area contributed by atoms with Gasteiger partial charge in [-0.2, -0.15) is 0 Å². The summed E-state index contributed by atoms with van der Waals surface area (Å²) in [6.45, 7) is 1.66. The van der Waals surface area contributed by atoms with Crippen LogP contribution in [0.1, 0.15) is 11.5 Å². The number of anilines is 1. The van der Waals surface area contributed by atoms with E-state index in [1.807, 2.05) is 0 Å². The van der Waals surface area contributed by atoms with Crippen LogP contribution < -0.4 is 9.04 Å². The topological polar surface area (TPSA) is 72.6 Å². The number of aromatic nitrogens is 1. The molecule has 0 aliphatic carbocycles. The van der Waals surface area contributed by atoms with Crippen molar-refractivity contribution in [2.24, 2.45) is 0 Å². The van der Waals surface area contributed by atoms with Gasteiger partial charge in [-0.3, -0.25) is 4.31 Å². The fraction of sp³-hybridized carbons (Fsp3) is 0.167. The number of benzene rings is 2. The maximum absolute atomic E-state index is 13.5. The highest BCUT2D eigenvalue weighted by atomic mass is 35.5. The van der Waals surface area contributed by atoms with Gasteiger partial charge in [-0.05, 0) is 37.3 Å². The Labute approximate surface area is 167 Å². The van der Waals surface area contributed by atoms with E-state index in [0.717, 1.165) is 4.31 Å². The second kappa shape index (κ2) is 7.80. The number of methoxy groups -OCH3 is 1. The maximum atomic E-state index is 13.5. The smallest absolute Gasteiger partial charge is 0.266 e. The summed E-state index contributed by atoms with van der Waals surface area (Å²) in [6.07, 6.45) is 0. The van der Waals surface area contributed by atoms with Gasteiger partial charge in [0.1, 0.15) is 10.6 Å². The number of hydrogen-bond acceptors (Lipinski definition) is 5. The second-order valence-corrected chi connectivity index (χ2v) is 8.37. The van der Waals surface area contributed by atoms with Crippen molar-refractivity contribution in [3.05, 3.63) is 70.0 Å². The van der Waals surface area contributed by atoms with Crippen LogP contribution in [0, 0.1) is 6.92 Å². The predicted molar refractivity (Wildman–Crippen MR) is 104 cm³/mol. The van der Waals surface area contributed by atoms with Crippen molar-refractivity contribution in [2.75, 3.05) is 11.4 Å². The van der Waals surface area contributed by atoms with Crippen molar-refractivity contribution in [3.63, 3.8) is 0 Å². The SMILES string of the molecule is COc1ccccc1N(Cc1cc(C)no1)S(=O)(=O)c1cc(Cl)ccc1Cl. The summed E-state index contributed by atoms with van der Waals surface area (Å²) in [5.41, 5.74) is 0.980. The number of hydrogen-bond donors (Lipinski definition) is 0. The molecule has 9 heteroatoms. The van der Waals surface area contributed by atoms with Crippen LogP contribution in [0.25, 0.3) is 0 Å². The Hall–Kier alpha value is -2.22. The molecule has 0 spiro atoms. The number of rotatable bonds is 6. The van der Waals surface area contributed by atoms with E-state index in [2.05, 4.69) is 5.16 Å². The van der Waals surface area contributed by atoms with Crippen LogP contribution in [-0.4, -0.2) is 20.7 Å². The highest BCUT2D eigenvalue weighted by Gasteiger charge is 2.30. The zero-order chi connectivity index (χ0) is 19.6. The van der Waals surface area contributed by atoms with Gasteiger partial charge in [0.2, 0.25) is 0 Å². The third kappa shape index (κ3) is 4.05. The third-order valence-electron chi connectivity index (χ3n) is 3.79. The van der Waals surface area contributed by atoms with Gasteiger partial charge in [-0.15, -0.1) is 0 Å². The molecule has 6 nitrogen and oxygen atoms in total. The van der Waals surface area contributed by atoms with Crippen LogP contribution in [0.2, 0.25) is 10.0 Å². The first kappa shape index (κ1) is 19.5. The standard InChI is InChI=1S/C18H16Cl2N2O4S/c1-12-9-14(26-21-12)11-22(16-5-3-4-6-17(16)25-2)27(23,24)18-10-13(19)7-8-15(18)20/h3-10H,11H2,1-2H3. The largest absolute Gasteiger partial charge is 0.495 e. The van der Waals surface area contributed by atoms with E-state index in [1.165, 1.54) is 25.3 Å². The van der Waals surface area contributed by atoms with Gasteiger partial charge >= 0.3 is 0 Å². The number of para-hydroxylation sites is 2. The lowest BCUT2D eigenvalue weighted by Crippen LogP contribution is -2.31. The van der Waals surface area contributed by atoms with Crippen LogP contribution >= 0.6 is 23.2 Å². The lowest BCUT2D eigenvalue weighted by atomic mass is 10.3. The first-order chi connectivity index (χ1) is 12.8. The number of aryl methyl sites for hydroxylation is 1. The molecule has 0 N–H and O–H groups in total. The van der Waals surface area contributed by atoms with Gasteiger partial charge in [0.05, 0.1) is 30.1 Å². The molecule has 0 saturated heterocycles. The summed E-state index contributed by atoms with van der Waals surface area (Å²) in [5.74, 6) is 0.760. The van der Waals surface area contributed by atoms with Gasteiger partial charge in [0.15, 0.2) is 5.76 Å². The first-order valence-electron chi connectivity index (χ1n) is 7.86. The van der Waals surface area contributed by atoms with Gasteiger partial charge in [0.25, 0.3) is 10.0 Å². The van der Waals surface area contributed by atoms with Crippen molar-refractivity contribution in [3.8, 4) is 5.75 Å². The van der Waals surface area contributed by atoms with Crippen molar-refractivity contribution in [1.82, 2.24) is 5.16 Å². The lowest BCUT2D eigenvalue weighted by molar-refractivity contribution is 0.380. The Morgan fingerprint density at radius 2 is 1.89 bits per heavy atom. The van der Waals surface area contributed by atoms with Crippen LogP contribution in [0.4, 0.5) is 5.69 Å². The van der Waals surface area contributed by atoms with E-state index >= 15 is 0 Å². The molecule has 0 amide bonds. The predicted octanol–water partition coefficient (Wildman–Crippen LogP) is 4.69. The third-order valence-corrected chi connectivity index (χ3v) is 6.27. The van der Waals surface area contributed by atoms with Crippen LogP contribution in [-0.2, 0) is 16.6 Å². The zero-order valence-corrected chi connectivity index (χ0v) is 16.8. The normalized spacial score (nSPS) is 11.4. The minimum Gasteiger partial charge on any atom is -0.495 e. The number of nitrogens with zero attached hydrogens (tertiary/aromatic N) is 2. The summed E-state index contributed by atoms with van der Waals surface area (Å²) in [6, 6.07) is 12.7. The molecule has 27 heavy (non-hydrogen) atoms. The highest BCUT2D eigenvalue weighted by molar-refractivity contribution is 7.93. The molecule has 0 bridgehead atoms. The fourth-order valence-electron chi connectivity index (χ4n) is 2.56. The molecule has 1 aromatic heterocycles. The maximum Gasteiger partial charge on any atom is 0.266 e. The van der Waals surface area contributed by atoms with Crippen molar-refractivity contribution < 1.29 is 17.7 Å². The summed E-state index contributed by atoms with van der Waals surface area (Å²) < 4.78 is 38.6. The summed E-state index contributed by atoms with van der Waals surface area (Å²) in [5, 5.41) is 4.14. The van der Waals surface area contributed by atoms with Crippen molar-refractivity contribution >= 4 is 38.9 Å². The molecule has 0 saturated carbocycles. The monoisotopic (exact) mass is 426 g/mol. The average molecular weight is 427 g/mol. The van der Waals surface area contributed by atoms with Crippen LogP contribution in [0.15, 0.2) is 57.9 Å². The van der Waals surface area contributed by atoms with Crippen LogP contribution in [0.3, 0.4) is 0 Å². The van der Waals surface area contributed by atoms with Crippen molar-refractivity contribution in [2.45, 2.75) is 18.4 Å². The van der Waals surface area contributed by atoms with E-state index in [0.29, 0.717) is 22.9 Å². The Morgan fingerprint density at radius 3 is 2.56 bits per heavy atom. The minimum atomic E-state index is -4.08. The highest BCUT2D eigenvalue weighted by Crippen LogP contribution is 2.36. The number of sulfonamides is 1. The van der Waals surface area contributed by atoms with Crippen LogP contribution in [0.5, 0.6) is 5.75 Å². The molecule has 0 unspecified atom stereocenters. The summed E-state index contributed by atoms with van der Waals surface area (Å²) in [4.78, 5) is -0.112. The number of halogens is 2. The molecule has 3 aromatic rings. The molecule has 142 valence electrons. The zero-order valence-electron chi connectivity index (χ0n) is 14.5. The van der Waals surface area contributed by atoms with Gasteiger partial charge in [-0.1, -0.05) is 40.5 Å². The molecule has 1 heterocycles. The summed E-state index contributed by atoms with van der Waals surface area (Å²) in [7, 11) is -2.61. The Bertz CT molecular complexity index is 1070.